The minimum Gasteiger partial charge on any atom is -0.457 e. The van der Waals surface area contributed by atoms with Crippen LogP contribution in [0.25, 0.3) is 11.5 Å². The van der Waals surface area contributed by atoms with Gasteiger partial charge >= 0.3 is 12.1 Å². The molecule has 38 heavy (non-hydrogen) atoms. The van der Waals surface area contributed by atoms with Crippen molar-refractivity contribution in [1.29, 1.82) is 5.26 Å². The maximum atomic E-state index is 13.2. The van der Waals surface area contributed by atoms with Gasteiger partial charge in [0.1, 0.15) is 29.8 Å². The number of cyclic esters (lactones) is 1. The number of benzene rings is 1. The van der Waals surface area contributed by atoms with Crippen LogP contribution in [0.1, 0.15) is 70.9 Å². The zero-order valence-corrected chi connectivity index (χ0v) is 22.3. The van der Waals surface area contributed by atoms with Crippen molar-refractivity contribution in [2.75, 3.05) is 6.54 Å². The van der Waals surface area contributed by atoms with Gasteiger partial charge in [0.25, 0.3) is 0 Å². The number of carbonyl (C=O) groups is 2. The summed E-state index contributed by atoms with van der Waals surface area (Å²) >= 11 is 0. The number of amides is 1. The van der Waals surface area contributed by atoms with Crippen molar-refractivity contribution < 1.29 is 24.2 Å². The molecule has 0 aliphatic carbocycles. The van der Waals surface area contributed by atoms with E-state index in [1.807, 2.05) is 13.8 Å². The Bertz CT molecular complexity index is 1450. The first-order chi connectivity index (χ1) is 17.9. The van der Waals surface area contributed by atoms with Gasteiger partial charge in [0.15, 0.2) is 5.82 Å². The second-order valence-corrected chi connectivity index (χ2v) is 10.2. The van der Waals surface area contributed by atoms with Crippen molar-refractivity contribution in [3.05, 3.63) is 63.6 Å². The Hall–Kier alpha value is -4.30. The van der Waals surface area contributed by atoms with Gasteiger partial charge in [0.2, 0.25) is 0 Å². The van der Waals surface area contributed by atoms with Crippen LogP contribution in [0, 0.1) is 25.2 Å². The van der Waals surface area contributed by atoms with Crippen LogP contribution < -0.4 is 0 Å². The zero-order valence-electron chi connectivity index (χ0n) is 22.3. The van der Waals surface area contributed by atoms with Crippen LogP contribution in [0.3, 0.4) is 0 Å². The molecular formula is C27H30N6O5. The van der Waals surface area contributed by atoms with Gasteiger partial charge in [-0.3, -0.25) is 14.6 Å². The second-order valence-electron chi connectivity index (χ2n) is 10.2. The van der Waals surface area contributed by atoms with Crippen LogP contribution in [0.15, 0.2) is 24.4 Å². The van der Waals surface area contributed by atoms with E-state index in [0.29, 0.717) is 34.0 Å². The van der Waals surface area contributed by atoms with E-state index in [-0.39, 0.29) is 25.7 Å². The molecule has 3 aromatic rings. The maximum absolute atomic E-state index is 13.2. The van der Waals surface area contributed by atoms with Crippen molar-refractivity contribution >= 4 is 12.1 Å². The first kappa shape index (κ1) is 26.8. The maximum Gasteiger partial charge on any atom is 0.410 e. The molecule has 0 spiro atoms. The Kier molecular flexibility index (Phi) is 7.20. The lowest BCUT2D eigenvalue weighted by molar-refractivity contribution is 0.0115. The molecule has 0 unspecified atom stereocenters. The first-order valence-electron chi connectivity index (χ1n) is 12.1. The molecule has 0 radical (unpaired) electrons. The largest absolute Gasteiger partial charge is 0.457 e. The van der Waals surface area contributed by atoms with Gasteiger partial charge in [-0.2, -0.15) is 5.26 Å². The number of carbonyl (C=O) groups excluding carboxylic acids is 2. The van der Waals surface area contributed by atoms with Crippen LogP contribution >= 0.6 is 0 Å². The first-order valence-corrected chi connectivity index (χ1v) is 12.1. The number of aliphatic hydroxyl groups excluding tert-OH is 1. The van der Waals surface area contributed by atoms with E-state index in [2.05, 4.69) is 21.1 Å². The summed E-state index contributed by atoms with van der Waals surface area (Å²) in [6.07, 6.45) is -0.202. The van der Waals surface area contributed by atoms with Gasteiger partial charge < -0.3 is 14.6 Å². The summed E-state index contributed by atoms with van der Waals surface area (Å²) in [5, 5.41) is 24.8. The number of aryl methyl sites for hydroxylation is 2. The molecule has 4 rings (SSSR count). The van der Waals surface area contributed by atoms with E-state index in [0.717, 1.165) is 16.7 Å². The summed E-state index contributed by atoms with van der Waals surface area (Å²) in [5.41, 5.74) is 3.52. The molecule has 1 aliphatic rings. The van der Waals surface area contributed by atoms with Gasteiger partial charge in [0, 0.05) is 18.8 Å². The van der Waals surface area contributed by atoms with Gasteiger partial charge in [-0.15, -0.1) is 5.10 Å². The Morgan fingerprint density at radius 2 is 2.08 bits per heavy atom. The van der Waals surface area contributed by atoms with Gasteiger partial charge in [-0.1, -0.05) is 6.07 Å². The number of fused-ring (bicyclic) bond motifs is 1. The Labute approximate surface area is 220 Å². The van der Waals surface area contributed by atoms with Crippen LogP contribution in [0.5, 0.6) is 0 Å². The van der Waals surface area contributed by atoms with Gasteiger partial charge in [-0.05, 0) is 63.4 Å². The molecule has 3 heterocycles. The number of pyridine rings is 1. The van der Waals surface area contributed by atoms with Crippen LogP contribution in [0.2, 0.25) is 0 Å². The van der Waals surface area contributed by atoms with Gasteiger partial charge in [0.05, 0.1) is 30.3 Å². The molecule has 11 nitrogen and oxygen atoms in total. The number of rotatable bonds is 6. The number of hydrogen-bond acceptors (Lipinski definition) is 9. The Morgan fingerprint density at radius 1 is 1.34 bits per heavy atom. The minimum absolute atomic E-state index is 0.0102. The van der Waals surface area contributed by atoms with Crippen LogP contribution in [-0.4, -0.2) is 54.0 Å². The average molecular weight is 519 g/mol. The van der Waals surface area contributed by atoms with Crippen LogP contribution in [-0.2, 0) is 29.7 Å². The number of aliphatic hydroxyl groups is 1. The molecule has 1 aromatic carbocycles. The number of nitriles is 1. The van der Waals surface area contributed by atoms with E-state index in [9.17, 15) is 20.0 Å². The van der Waals surface area contributed by atoms with E-state index < -0.39 is 17.8 Å². The lowest BCUT2D eigenvalue weighted by atomic mass is 9.95. The fraction of sp³-hybridized carbons (Fsp3) is 0.407. The predicted molar refractivity (Wildman–Crippen MR) is 136 cm³/mol. The fourth-order valence-corrected chi connectivity index (χ4v) is 4.19. The van der Waals surface area contributed by atoms with E-state index >= 15 is 0 Å². The highest BCUT2D eigenvalue weighted by molar-refractivity contribution is 5.94. The highest BCUT2D eigenvalue weighted by atomic mass is 16.6. The summed E-state index contributed by atoms with van der Waals surface area (Å²) in [5.74, 6) is 0.412. The SMILES string of the molecule is Cc1cc(-c2nc(CN(C[C@H](O)c3ccc4c(c3C)COC4=O)C(=O)OC(C)(C)C)n(C)n2)ncc1C#N. The van der Waals surface area contributed by atoms with Gasteiger partial charge in [-0.25, -0.2) is 14.6 Å². The molecule has 1 amide bonds. The molecule has 0 fully saturated rings. The molecule has 0 saturated heterocycles. The third-order valence-electron chi connectivity index (χ3n) is 6.26. The van der Waals surface area contributed by atoms with Crippen LogP contribution in [0.4, 0.5) is 4.79 Å². The lowest BCUT2D eigenvalue weighted by Gasteiger charge is -2.29. The third kappa shape index (κ3) is 5.50. The quantitative estimate of drug-likeness (QED) is 0.485. The highest BCUT2D eigenvalue weighted by Crippen LogP contribution is 2.30. The Balaban J connectivity index is 1.61. The smallest absolute Gasteiger partial charge is 0.410 e. The third-order valence-corrected chi connectivity index (χ3v) is 6.26. The van der Waals surface area contributed by atoms with E-state index in [4.69, 9.17) is 9.47 Å². The van der Waals surface area contributed by atoms with Crippen molar-refractivity contribution in [2.24, 2.45) is 7.05 Å². The molecule has 2 aromatic heterocycles. The van der Waals surface area contributed by atoms with Crippen molar-refractivity contribution in [2.45, 2.75) is 59.5 Å². The van der Waals surface area contributed by atoms with E-state index in [1.54, 1.807) is 46.0 Å². The molecule has 1 aliphatic heterocycles. The monoisotopic (exact) mass is 518 g/mol. The molecule has 11 heteroatoms. The fourth-order valence-electron chi connectivity index (χ4n) is 4.19. The molecule has 0 saturated carbocycles. The molecular weight excluding hydrogens is 488 g/mol. The predicted octanol–water partition coefficient (Wildman–Crippen LogP) is 3.51. The summed E-state index contributed by atoms with van der Waals surface area (Å²) in [6, 6.07) is 7.13. The standard InChI is InChI=1S/C27H30N6O5/c1-15-9-21(29-11-17(15)10-28)24-30-23(32(6)31-24)13-33(26(36)38-27(3,4)5)12-22(34)18-7-8-19-20(16(18)2)14-37-25(19)35/h7-9,11,22,34H,12-14H2,1-6H3/t22-/m0/s1. The lowest BCUT2D eigenvalue weighted by Crippen LogP contribution is -2.39. The average Bonchev–Trinajstić information content (AvgIpc) is 3.40. The molecule has 198 valence electrons. The Morgan fingerprint density at radius 3 is 2.74 bits per heavy atom. The molecule has 1 atom stereocenters. The highest BCUT2D eigenvalue weighted by Gasteiger charge is 2.30. The summed E-state index contributed by atoms with van der Waals surface area (Å²) in [4.78, 5) is 35.3. The minimum atomic E-state index is -1.06. The number of hydrogen-bond donors (Lipinski definition) is 1. The summed E-state index contributed by atoms with van der Waals surface area (Å²) < 4.78 is 12.3. The second kappa shape index (κ2) is 10.2. The number of ether oxygens (including phenoxy) is 2. The number of nitrogens with zero attached hydrogens (tertiary/aromatic N) is 6. The number of aromatic nitrogens is 4. The molecule has 0 bridgehead atoms. The van der Waals surface area contributed by atoms with Crippen molar-refractivity contribution in [3.8, 4) is 17.6 Å². The zero-order chi connectivity index (χ0) is 27.8. The normalized spacial score (nSPS) is 13.5. The topological polar surface area (TPSA) is 143 Å². The van der Waals surface area contributed by atoms with Crippen molar-refractivity contribution in [3.63, 3.8) is 0 Å². The van der Waals surface area contributed by atoms with Crippen molar-refractivity contribution in [1.82, 2.24) is 24.6 Å². The molecule has 1 N–H and O–H groups in total. The number of esters is 1. The van der Waals surface area contributed by atoms with E-state index in [1.165, 1.54) is 15.8 Å². The summed E-state index contributed by atoms with van der Waals surface area (Å²) in [6.45, 7) is 9.00. The summed E-state index contributed by atoms with van der Waals surface area (Å²) in [7, 11) is 1.70.